The molecule has 0 amide bonds. The van der Waals surface area contributed by atoms with Gasteiger partial charge < -0.3 is 5.32 Å². The molecule has 1 aliphatic rings. The zero-order valence-electron chi connectivity index (χ0n) is 13.2. The zero-order valence-corrected chi connectivity index (χ0v) is 14.0. The fourth-order valence-corrected chi connectivity index (χ4v) is 3.93. The molecule has 1 nitrogen and oxygen atoms in total. The van der Waals surface area contributed by atoms with E-state index >= 15 is 0 Å². The summed E-state index contributed by atoms with van der Waals surface area (Å²) < 4.78 is 0. The van der Waals surface area contributed by atoms with Crippen LogP contribution < -0.4 is 5.32 Å². The minimum atomic E-state index is 0.320. The van der Waals surface area contributed by atoms with Crippen LogP contribution in [0.2, 0.25) is 5.02 Å². The Morgan fingerprint density at radius 3 is 2.50 bits per heavy atom. The third-order valence-electron chi connectivity index (χ3n) is 4.86. The van der Waals surface area contributed by atoms with Gasteiger partial charge in [-0.2, -0.15) is 0 Å². The van der Waals surface area contributed by atoms with Gasteiger partial charge in [0.1, 0.15) is 0 Å². The first kappa shape index (κ1) is 15.9. The Labute approximate surface area is 129 Å². The van der Waals surface area contributed by atoms with E-state index in [0.29, 0.717) is 12.1 Å². The summed E-state index contributed by atoms with van der Waals surface area (Å²) in [5.74, 6) is 2.37. The smallest absolute Gasteiger partial charge is 0.0453 e. The molecule has 0 aliphatic heterocycles. The van der Waals surface area contributed by atoms with E-state index < -0.39 is 0 Å². The van der Waals surface area contributed by atoms with Crippen LogP contribution >= 0.6 is 11.6 Å². The molecule has 0 radical (unpaired) electrons. The first-order valence-corrected chi connectivity index (χ1v) is 8.37. The van der Waals surface area contributed by atoms with Crippen LogP contribution in [-0.2, 0) is 0 Å². The van der Waals surface area contributed by atoms with Crippen molar-refractivity contribution in [1.82, 2.24) is 5.32 Å². The van der Waals surface area contributed by atoms with Gasteiger partial charge in [0.2, 0.25) is 0 Å². The lowest BCUT2D eigenvalue weighted by molar-refractivity contribution is 0.161. The summed E-state index contributed by atoms with van der Waals surface area (Å²) in [6, 6.07) is 9.13. The second kappa shape index (κ2) is 6.95. The average molecular weight is 294 g/mol. The largest absolute Gasteiger partial charge is 0.307 e. The van der Waals surface area contributed by atoms with Crippen LogP contribution in [0.3, 0.4) is 0 Å². The number of hydrogen-bond donors (Lipinski definition) is 1. The summed E-state index contributed by atoms with van der Waals surface area (Å²) in [5, 5.41) is 4.73. The molecule has 0 bridgehead atoms. The maximum absolute atomic E-state index is 6.32. The lowest BCUT2D eigenvalue weighted by Gasteiger charge is -2.39. The Kier molecular flexibility index (Phi) is 5.51. The second-order valence-electron chi connectivity index (χ2n) is 6.84. The van der Waals surface area contributed by atoms with Crippen LogP contribution in [-0.4, -0.2) is 6.04 Å². The van der Waals surface area contributed by atoms with Gasteiger partial charge in [-0.3, -0.25) is 0 Å². The molecule has 3 unspecified atom stereocenters. The Balaban J connectivity index is 2.08. The number of hydrogen-bond acceptors (Lipinski definition) is 1. The highest BCUT2D eigenvalue weighted by Gasteiger charge is 2.31. The fraction of sp³-hybridized carbons (Fsp3) is 0.667. The maximum atomic E-state index is 6.32. The summed E-state index contributed by atoms with van der Waals surface area (Å²) >= 11 is 6.32. The molecule has 0 spiro atoms. The van der Waals surface area contributed by atoms with Gasteiger partial charge in [-0.05, 0) is 49.1 Å². The van der Waals surface area contributed by atoms with Crippen molar-refractivity contribution in [2.24, 2.45) is 17.8 Å². The molecule has 0 saturated heterocycles. The number of halogens is 1. The first-order chi connectivity index (χ1) is 9.49. The van der Waals surface area contributed by atoms with Gasteiger partial charge in [0.25, 0.3) is 0 Å². The maximum Gasteiger partial charge on any atom is 0.0453 e. The molecule has 1 N–H and O–H groups in total. The predicted molar refractivity (Wildman–Crippen MR) is 88.1 cm³/mol. The number of rotatable bonds is 4. The predicted octanol–water partition coefficient (Wildman–Crippen LogP) is 5.45. The molecule has 1 aromatic carbocycles. The van der Waals surface area contributed by atoms with E-state index in [1.807, 2.05) is 12.1 Å². The molecule has 0 aromatic heterocycles. The van der Waals surface area contributed by atoms with Crippen LogP contribution in [0.4, 0.5) is 0 Å². The lowest BCUT2D eigenvalue weighted by atomic mass is 9.73. The summed E-state index contributed by atoms with van der Waals surface area (Å²) in [4.78, 5) is 0. The summed E-state index contributed by atoms with van der Waals surface area (Å²) in [7, 11) is 0. The second-order valence-corrected chi connectivity index (χ2v) is 7.25. The first-order valence-electron chi connectivity index (χ1n) is 7.99. The van der Waals surface area contributed by atoms with E-state index in [4.69, 9.17) is 11.6 Å². The van der Waals surface area contributed by atoms with Crippen molar-refractivity contribution < 1.29 is 0 Å². The van der Waals surface area contributed by atoms with Crippen LogP contribution in [0.15, 0.2) is 24.3 Å². The third-order valence-corrected chi connectivity index (χ3v) is 5.20. The Morgan fingerprint density at radius 1 is 1.15 bits per heavy atom. The molecule has 2 rings (SSSR count). The van der Waals surface area contributed by atoms with Gasteiger partial charge in [0.15, 0.2) is 0 Å². The molecule has 1 aromatic rings. The van der Waals surface area contributed by atoms with E-state index in [9.17, 15) is 0 Å². The third kappa shape index (κ3) is 3.77. The summed E-state index contributed by atoms with van der Waals surface area (Å²) in [6.45, 7) is 9.33. The highest BCUT2D eigenvalue weighted by Crippen LogP contribution is 2.35. The van der Waals surface area contributed by atoms with Crippen LogP contribution in [0.1, 0.15) is 58.6 Å². The van der Waals surface area contributed by atoms with Gasteiger partial charge in [0, 0.05) is 17.1 Å². The van der Waals surface area contributed by atoms with E-state index in [0.717, 1.165) is 22.8 Å². The standard InChI is InChI=1S/C18H28ClN/c1-12(2)15-10-9-13(3)11-18(15)20-14(4)16-7-5-6-8-17(16)19/h5-8,12-15,18,20H,9-11H2,1-4H3/t13?,14-,15?,18?/m1/s1. The van der Waals surface area contributed by atoms with E-state index in [1.54, 1.807) is 0 Å². The monoisotopic (exact) mass is 293 g/mol. The zero-order chi connectivity index (χ0) is 14.7. The van der Waals surface area contributed by atoms with E-state index in [2.05, 4.69) is 45.1 Å². The minimum absolute atomic E-state index is 0.320. The molecule has 1 fully saturated rings. The number of benzene rings is 1. The fourth-order valence-electron chi connectivity index (χ4n) is 3.63. The SMILES string of the molecule is CC1CCC(C(C)C)C(N[C@H](C)c2ccccc2Cl)C1. The molecule has 1 saturated carbocycles. The van der Waals surface area contributed by atoms with Crippen LogP contribution in [0, 0.1) is 17.8 Å². The highest BCUT2D eigenvalue weighted by atomic mass is 35.5. The Morgan fingerprint density at radius 2 is 1.85 bits per heavy atom. The average Bonchev–Trinajstić information content (AvgIpc) is 2.38. The topological polar surface area (TPSA) is 12.0 Å². The van der Waals surface area contributed by atoms with Gasteiger partial charge in [-0.15, -0.1) is 0 Å². The van der Waals surface area contributed by atoms with Crippen LogP contribution in [0.25, 0.3) is 0 Å². The molecule has 20 heavy (non-hydrogen) atoms. The van der Waals surface area contributed by atoms with Crippen LogP contribution in [0.5, 0.6) is 0 Å². The Bertz CT molecular complexity index is 429. The molecule has 2 heteroatoms. The van der Waals surface area contributed by atoms with Crippen molar-refractivity contribution in [3.05, 3.63) is 34.9 Å². The Hall–Kier alpha value is -0.530. The minimum Gasteiger partial charge on any atom is -0.307 e. The quantitative estimate of drug-likeness (QED) is 0.778. The number of nitrogens with one attached hydrogen (secondary N) is 1. The van der Waals surface area contributed by atoms with Crippen molar-refractivity contribution >= 4 is 11.6 Å². The summed E-state index contributed by atoms with van der Waals surface area (Å²) in [6.07, 6.45) is 4.02. The molecule has 112 valence electrons. The van der Waals surface area contributed by atoms with E-state index in [1.165, 1.54) is 24.8 Å². The van der Waals surface area contributed by atoms with Crippen molar-refractivity contribution in [2.75, 3.05) is 0 Å². The lowest BCUT2D eigenvalue weighted by Crippen LogP contribution is -2.43. The van der Waals surface area contributed by atoms with Crippen molar-refractivity contribution in [3.63, 3.8) is 0 Å². The molecular formula is C18H28ClN. The van der Waals surface area contributed by atoms with Crippen molar-refractivity contribution in [1.29, 1.82) is 0 Å². The normalized spacial score (nSPS) is 28.6. The van der Waals surface area contributed by atoms with Gasteiger partial charge >= 0.3 is 0 Å². The van der Waals surface area contributed by atoms with Gasteiger partial charge in [0.05, 0.1) is 0 Å². The van der Waals surface area contributed by atoms with E-state index in [-0.39, 0.29) is 0 Å². The van der Waals surface area contributed by atoms with Gasteiger partial charge in [-0.25, -0.2) is 0 Å². The molecular weight excluding hydrogens is 266 g/mol. The van der Waals surface area contributed by atoms with Crippen molar-refractivity contribution in [3.8, 4) is 0 Å². The van der Waals surface area contributed by atoms with Crippen molar-refractivity contribution in [2.45, 2.75) is 59.0 Å². The highest BCUT2D eigenvalue weighted by molar-refractivity contribution is 6.31. The van der Waals surface area contributed by atoms with Gasteiger partial charge in [-0.1, -0.05) is 57.0 Å². The molecule has 1 aliphatic carbocycles. The molecule has 4 atom stereocenters. The molecule has 0 heterocycles. The summed E-state index contributed by atoms with van der Waals surface area (Å²) in [5.41, 5.74) is 1.22.